The molecule has 1 heterocycles. The number of alkyl halides is 3. The summed E-state index contributed by atoms with van der Waals surface area (Å²) in [6.07, 6.45) is -4.77. The van der Waals surface area contributed by atoms with Gasteiger partial charge in [-0.1, -0.05) is 6.07 Å². The molecule has 3 rings (SSSR count). The van der Waals surface area contributed by atoms with Gasteiger partial charge in [0, 0.05) is 37.1 Å². The molecule has 12 heteroatoms. The zero-order chi connectivity index (χ0) is 26.8. The number of nitrogens with zero attached hydrogens (tertiary/aromatic N) is 2. The van der Waals surface area contributed by atoms with Crippen molar-refractivity contribution in [1.29, 1.82) is 0 Å². The first-order chi connectivity index (χ1) is 16.8. The Balaban J connectivity index is 1.63. The number of Topliss-reactive ketones (excluding diaryl/α,β-unsaturated/α-hetero) is 1. The van der Waals surface area contributed by atoms with E-state index in [4.69, 9.17) is 10.8 Å². The van der Waals surface area contributed by atoms with E-state index in [0.29, 0.717) is 5.56 Å². The van der Waals surface area contributed by atoms with Crippen LogP contribution in [0.4, 0.5) is 13.2 Å². The fourth-order valence-corrected chi connectivity index (χ4v) is 4.84. The van der Waals surface area contributed by atoms with Crippen molar-refractivity contribution >= 4 is 29.5 Å². The van der Waals surface area contributed by atoms with Crippen LogP contribution in [0.3, 0.4) is 0 Å². The molecule has 3 N–H and O–H groups in total. The Morgan fingerprint density at radius 3 is 2.36 bits per heavy atom. The van der Waals surface area contributed by atoms with Gasteiger partial charge in [-0.2, -0.15) is 13.2 Å². The van der Waals surface area contributed by atoms with Crippen molar-refractivity contribution in [3.05, 3.63) is 34.9 Å². The molecule has 1 aromatic carbocycles. The quantitative estimate of drug-likeness (QED) is 0.488. The number of carbonyl (C=O) groups is 5. The number of carboxylic acids is 1. The molecule has 0 aromatic heterocycles. The molecule has 0 bridgehead atoms. The van der Waals surface area contributed by atoms with Crippen LogP contribution in [0, 0.1) is 11.8 Å². The van der Waals surface area contributed by atoms with E-state index in [-0.39, 0.29) is 68.6 Å². The highest BCUT2D eigenvalue weighted by Gasteiger charge is 2.43. The third-order valence-electron chi connectivity index (χ3n) is 6.89. The van der Waals surface area contributed by atoms with Crippen LogP contribution in [0.5, 0.6) is 0 Å². The van der Waals surface area contributed by atoms with Gasteiger partial charge in [-0.15, -0.1) is 0 Å². The fraction of sp³-hybridized carbons (Fsp3) is 0.542. The van der Waals surface area contributed by atoms with E-state index in [1.807, 2.05) is 0 Å². The van der Waals surface area contributed by atoms with Crippen LogP contribution >= 0.6 is 0 Å². The van der Waals surface area contributed by atoms with Crippen molar-refractivity contribution in [2.24, 2.45) is 17.6 Å². The molecule has 0 radical (unpaired) electrons. The maximum absolute atomic E-state index is 12.9. The van der Waals surface area contributed by atoms with Crippen LogP contribution in [-0.2, 0) is 20.9 Å². The molecule has 0 spiro atoms. The van der Waals surface area contributed by atoms with Crippen molar-refractivity contribution in [3.8, 4) is 0 Å². The second kappa shape index (κ2) is 10.7. The molecule has 1 fully saturated rings. The third kappa shape index (κ3) is 6.03. The van der Waals surface area contributed by atoms with Gasteiger partial charge in [-0.05, 0) is 49.8 Å². The number of amides is 3. The van der Waals surface area contributed by atoms with Crippen LogP contribution in [0.25, 0.3) is 0 Å². The number of hydrogen-bond acceptors (Lipinski definition) is 5. The zero-order valence-corrected chi connectivity index (χ0v) is 19.7. The molecule has 36 heavy (non-hydrogen) atoms. The van der Waals surface area contributed by atoms with Gasteiger partial charge in [0.05, 0.1) is 12.5 Å². The summed E-state index contributed by atoms with van der Waals surface area (Å²) in [5.41, 5.74) is 6.33. The second-order valence-electron chi connectivity index (χ2n) is 9.36. The van der Waals surface area contributed by atoms with Gasteiger partial charge < -0.3 is 20.6 Å². The molecule has 1 aromatic rings. The summed E-state index contributed by atoms with van der Waals surface area (Å²) < 4.78 is 38.6. The lowest BCUT2D eigenvalue weighted by atomic mass is 9.81. The van der Waals surface area contributed by atoms with E-state index in [2.05, 4.69) is 0 Å². The molecule has 196 valence electrons. The first-order valence-corrected chi connectivity index (χ1v) is 11.6. The predicted octanol–water partition coefficient (Wildman–Crippen LogP) is 2.37. The molecule has 1 atom stereocenters. The van der Waals surface area contributed by atoms with Gasteiger partial charge in [0.25, 0.3) is 5.91 Å². The van der Waals surface area contributed by atoms with Crippen LogP contribution in [0.2, 0.25) is 0 Å². The molecule has 1 aliphatic carbocycles. The minimum absolute atomic E-state index is 0.0280. The van der Waals surface area contributed by atoms with Gasteiger partial charge in [-0.3, -0.25) is 24.0 Å². The van der Waals surface area contributed by atoms with E-state index < -0.39 is 47.6 Å². The number of fused-ring (bicyclic) bond motifs is 1. The van der Waals surface area contributed by atoms with E-state index >= 15 is 0 Å². The summed E-state index contributed by atoms with van der Waals surface area (Å²) in [5, 5.41) is 8.90. The van der Waals surface area contributed by atoms with Crippen molar-refractivity contribution < 1.29 is 42.3 Å². The van der Waals surface area contributed by atoms with Crippen molar-refractivity contribution in [3.63, 3.8) is 0 Å². The zero-order valence-electron chi connectivity index (χ0n) is 19.7. The number of carboxylic acid groups (broad SMARTS) is 1. The maximum atomic E-state index is 12.9. The number of aliphatic carboxylic acids is 1. The number of nitrogens with two attached hydrogens (primary N) is 1. The number of halogens is 3. The Morgan fingerprint density at radius 1 is 1.17 bits per heavy atom. The molecule has 1 aliphatic heterocycles. The summed E-state index contributed by atoms with van der Waals surface area (Å²) >= 11 is 0. The number of ketones is 1. The molecule has 2 aliphatic rings. The average Bonchev–Trinajstić information content (AvgIpc) is 3.13. The van der Waals surface area contributed by atoms with Gasteiger partial charge in [0.2, 0.25) is 11.8 Å². The lowest BCUT2D eigenvalue weighted by Crippen LogP contribution is -2.45. The number of benzene rings is 1. The minimum Gasteiger partial charge on any atom is -0.481 e. The Kier molecular flexibility index (Phi) is 8.05. The topological polar surface area (TPSA) is 138 Å². The molecule has 1 saturated carbocycles. The fourth-order valence-electron chi connectivity index (χ4n) is 4.84. The summed E-state index contributed by atoms with van der Waals surface area (Å²) in [5.74, 6) is -5.23. The van der Waals surface area contributed by atoms with Crippen LogP contribution in [0.1, 0.15) is 64.8 Å². The van der Waals surface area contributed by atoms with Crippen LogP contribution < -0.4 is 5.73 Å². The van der Waals surface area contributed by atoms with Crippen LogP contribution in [0.15, 0.2) is 18.2 Å². The standard InChI is InChI=1S/C24H28F3N3O6/c1-29(22(35)13-2-5-16(6-3-13)24(25,26)27)12-19(31)14-4-7-17-15(10-14)11-30(23(17)36)18(21(28)34)8-9-20(32)33/h4,7,10,13,16,18H,2-3,5-6,8-9,11-12H2,1H3,(H2,28,34)(H,32,33)/t13-,16-,18?. The van der Waals surface area contributed by atoms with E-state index in [1.54, 1.807) is 0 Å². The third-order valence-corrected chi connectivity index (χ3v) is 6.89. The summed E-state index contributed by atoms with van der Waals surface area (Å²) in [6.45, 7) is -0.309. The average molecular weight is 511 g/mol. The predicted molar refractivity (Wildman–Crippen MR) is 120 cm³/mol. The summed E-state index contributed by atoms with van der Waals surface area (Å²) in [4.78, 5) is 63.4. The largest absolute Gasteiger partial charge is 0.481 e. The first kappa shape index (κ1) is 27.2. The second-order valence-corrected chi connectivity index (χ2v) is 9.36. The lowest BCUT2D eigenvalue weighted by molar-refractivity contribution is -0.185. The smallest absolute Gasteiger partial charge is 0.391 e. The van der Waals surface area contributed by atoms with Gasteiger partial charge in [0.15, 0.2) is 5.78 Å². The Morgan fingerprint density at radius 2 is 1.81 bits per heavy atom. The molecular formula is C24H28F3N3O6. The normalized spacial score (nSPS) is 20.6. The molecule has 9 nitrogen and oxygen atoms in total. The van der Waals surface area contributed by atoms with Crippen molar-refractivity contribution in [2.45, 2.75) is 57.3 Å². The van der Waals surface area contributed by atoms with E-state index in [0.717, 1.165) is 0 Å². The van der Waals surface area contributed by atoms with Crippen LogP contribution in [-0.4, -0.2) is 70.2 Å². The first-order valence-electron chi connectivity index (χ1n) is 11.6. The SMILES string of the molecule is CN(CC(=O)c1ccc2c(c1)CN(C(CCC(=O)O)C(N)=O)C2=O)C(=O)[C@H]1CC[C@H](C(F)(F)F)CC1. The van der Waals surface area contributed by atoms with Gasteiger partial charge in [0.1, 0.15) is 6.04 Å². The highest BCUT2D eigenvalue weighted by molar-refractivity contribution is 6.04. The molecule has 1 unspecified atom stereocenters. The Bertz CT molecular complexity index is 1070. The maximum Gasteiger partial charge on any atom is 0.391 e. The molecular weight excluding hydrogens is 483 g/mol. The highest BCUT2D eigenvalue weighted by Crippen LogP contribution is 2.40. The van der Waals surface area contributed by atoms with E-state index in [1.165, 1.54) is 35.0 Å². The monoisotopic (exact) mass is 511 g/mol. The summed E-state index contributed by atoms with van der Waals surface area (Å²) in [6, 6.07) is 3.22. The molecule has 0 saturated heterocycles. The van der Waals surface area contributed by atoms with Gasteiger partial charge >= 0.3 is 12.1 Å². The van der Waals surface area contributed by atoms with E-state index in [9.17, 15) is 37.1 Å². The number of likely N-dealkylation sites (N-methyl/N-ethyl adjacent to an activating group) is 1. The van der Waals surface area contributed by atoms with Crippen molar-refractivity contribution in [2.75, 3.05) is 13.6 Å². The van der Waals surface area contributed by atoms with Crippen molar-refractivity contribution in [1.82, 2.24) is 9.80 Å². The highest BCUT2D eigenvalue weighted by atomic mass is 19.4. The lowest BCUT2D eigenvalue weighted by Gasteiger charge is -2.31. The number of primary amides is 1. The van der Waals surface area contributed by atoms with Gasteiger partial charge in [-0.25, -0.2) is 0 Å². The molecule has 3 amide bonds. The Hall–Kier alpha value is -3.44. The number of hydrogen-bond donors (Lipinski definition) is 2. The number of carbonyl (C=O) groups excluding carboxylic acids is 4. The summed E-state index contributed by atoms with van der Waals surface area (Å²) in [7, 11) is 1.43. The Labute approximate surface area is 205 Å². The minimum atomic E-state index is -4.27. The number of rotatable bonds is 9.